The van der Waals surface area contributed by atoms with E-state index in [1.807, 2.05) is 38.1 Å². The first-order valence-corrected chi connectivity index (χ1v) is 9.93. The van der Waals surface area contributed by atoms with Crippen LogP contribution in [0.2, 0.25) is 0 Å². The average Bonchev–Trinajstić information content (AvgIpc) is 3.12. The molecular formula is C23H32N4O. The Kier molecular flexibility index (Phi) is 5.77. The van der Waals surface area contributed by atoms with Crippen LogP contribution in [0.25, 0.3) is 0 Å². The first-order valence-electron chi connectivity index (χ1n) is 9.93. The Labute approximate surface area is 168 Å². The van der Waals surface area contributed by atoms with Crippen molar-refractivity contribution in [1.82, 2.24) is 10.7 Å². The van der Waals surface area contributed by atoms with E-state index in [0.717, 1.165) is 18.7 Å². The van der Waals surface area contributed by atoms with E-state index in [-0.39, 0.29) is 17.4 Å². The van der Waals surface area contributed by atoms with Gasteiger partial charge in [-0.25, -0.2) is 0 Å². The largest absolute Gasteiger partial charge is 0.384 e. The topological polar surface area (TPSA) is 79.2 Å². The van der Waals surface area contributed by atoms with Gasteiger partial charge in [-0.1, -0.05) is 64.1 Å². The highest BCUT2D eigenvalue weighted by atomic mass is 16.2. The van der Waals surface area contributed by atoms with E-state index in [2.05, 4.69) is 60.4 Å². The average molecular weight is 381 g/mol. The molecule has 0 spiro atoms. The molecule has 150 valence electrons. The molecule has 1 aliphatic carbocycles. The van der Waals surface area contributed by atoms with Crippen molar-refractivity contribution in [2.24, 2.45) is 22.6 Å². The summed E-state index contributed by atoms with van der Waals surface area (Å²) in [5.41, 5.74) is 5.02. The molecule has 2 aliphatic rings. The number of hydrogen-bond donors (Lipinski definition) is 4. The van der Waals surface area contributed by atoms with E-state index in [1.54, 1.807) is 0 Å². The van der Waals surface area contributed by atoms with E-state index >= 15 is 0 Å². The standard InChI is InChI=1S/C23H32N4O/c1-22(2,19-15-25-20-8-6-5-7-18(19)20)23(3,4)21(28)27-17-11-9-16(10-12-17)13-14-26-24/h5-12,15,18,20,25-26H,13-14,24H2,1-4H3,(H,27,28). The molecule has 1 amide bonds. The van der Waals surface area contributed by atoms with Gasteiger partial charge in [-0.15, -0.1) is 0 Å². The first kappa shape index (κ1) is 20.4. The lowest BCUT2D eigenvalue weighted by atomic mass is 9.60. The van der Waals surface area contributed by atoms with Gasteiger partial charge in [0, 0.05) is 23.6 Å². The normalized spacial score (nSPS) is 21.1. The Morgan fingerprint density at radius 1 is 1.11 bits per heavy atom. The maximum Gasteiger partial charge on any atom is 0.230 e. The fourth-order valence-electron chi connectivity index (χ4n) is 3.85. The molecule has 3 rings (SSSR count). The predicted molar refractivity (Wildman–Crippen MR) is 115 cm³/mol. The van der Waals surface area contributed by atoms with Crippen molar-refractivity contribution in [3.05, 3.63) is 65.9 Å². The number of hydrazine groups is 1. The first-order chi connectivity index (χ1) is 13.3. The third-order valence-electron chi connectivity index (χ3n) is 6.55. The van der Waals surface area contributed by atoms with Crippen LogP contribution in [0.4, 0.5) is 5.69 Å². The molecule has 2 atom stereocenters. The number of carbonyl (C=O) groups excluding carboxylic acids is 1. The molecule has 28 heavy (non-hydrogen) atoms. The minimum absolute atomic E-state index is 0.0218. The zero-order valence-corrected chi connectivity index (χ0v) is 17.3. The van der Waals surface area contributed by atoms with Crippen LogP contribution in [-0.4, -0.2) is 18.5 Å². The van der Waals surface area contributed by atoms with E-state index < -0.39 is 5.41 Å². The molecule has 0 bridgehead atoms. The molecule has 0 saturated carbocycles. The Morgan fingerprint density at radius 2 is 1.79 bits per heavy atom. The second kappa shape index (κ2) is 7.94. The molecular weight excluding hydrogens is 348 g/mol. The van der Waals surface area contributed by atoms with Crippen LogP contribution < -0.4 is 21.9 Å². The summed E-state index contributed by atoms with van der Waals surface area (Å²) in [5, 5.41) is 6.56. The molecule has 5 N–H and O–H groups in total. The summed E-state index contributed by atoms with van der Waals surface area (Å²) in [6.07, 6.45) is 11.5. The third kappa shape index (κ3) is 3.77. The number of carbonyl (C=O) groups is 1. The molecule has 1 aromatic carbocycles. The number of nitrogens with one attached hydrogen (secondary N) is 3. The van der Waals surface area contributed by atoms with E-state index in [4.69, 9.17) is 5.84 Å². The lowest BCUT2D eigenvalue weighted by Gasteiger charge is -2.43. The number of allylic oxidation sites excluding steroid dienone is 2. The summed E-state index contributed by atoms with van der Waals surface area (Å²) in [6, 6.07) is 8.24. The monoisotopic (exact) mass is 380 g/mol. The van der Waals surface area contributed by atoms with Crippen LogP contribution in [0.1, 0.15) is 33.3 Å². The van der Waals surface area contributed by atoms with Gasteiger partial charge in [0.25, 0.3) is 0 Å². The maximum atomic E-state index is 13.2. The van der Waals surface area contributed by atoms with Crippen LogP contribution in [-0.2, 0) is 11.2 Å². The van der Waals surface area contributed by atoms with Crippen LogP contribution in [0.3, 0.4) is 0 Å². The van der Waals surface area contributed by atoms with Gasteiger partial charge in [0.2, 0.25) is 5.91 Å². The molecule has 1 aromatic rings. The highest BCUT2D eigenvalue weighted by Crippen LogP contribution is 2.50. The van der Waals surface area contributed by atoms with E-state index in [0.29, 0.717) is 5.92 Å². The second-order valence-corrected chi connectivity index (χ2v) is 8.69. The molecule has 1 aliphatic heterocycles. The molecule has 5 heteroatoms. The van der Waals surface area contributed by atoms with Crippen LogP contribution in [0.5, 0.6) is 0 Å². The molecule has 0 fully saturated rings. The van der Waals surface area contributed by atoms with Gasteiger partial charge >= 0.3 is 0 Å². The minimum Gasteiger partial charge on any atom is -0.384 e. The summed E-state index contributed by atoms with van der Waals surface area (Å²) in [5.74, 6) is 5.65. The van der Waals surface area contributed by atoms with E-state index in [9.17, 15) is 4.79 Å². The van der Waals surface area contributed by atoms with Crippen molar-refractivity contribution in [3.8, 4) is 0 Å². The maximum absolute atomic E-state index is 13.2. The van der Waals surface area contributed by atoms with Gasteiger partial charge in [0.1, 0.15) is 0 Å². The summed E-state index contributed by atoms with van der Waals surface area (Å²) in [4.78, 5) is 13.2. The number of rotatable bonds is 7. The number of benzene rings is 1. The van der Waals surface area contributed by atoms with Crippen LogP contribution in [0, 0.1) is 16.7 Å². The van der Waals surface area contributed by atoms with Gasteiger partial charge in [-0.3, -0.25) is 16.1 Å². The Bertz CT molecular complexity index is 802. The number of amides is 1. The fourth-order valence-corrected chi connectivity index (χ4v) is 3.85. The zero-order valence-electron chi connectivity index (χ0n) is 17.3. The Hall–Kier alpha value is -2.37. The Balaban J connectivity index is 1.73. The molecule has 0 saturated heterocycles. The molecule has 5 nitrogen and oxygen atoms in total. The van der Waals surface area contributed by atoms with Gasteiger partial charge in [0.05, 0.1) is 11.5 Å². The van der Waals surface area contributed by atoms with Gasteiger partial charge < -0.3 is 10.6 Å². The lowest BCUT2D eigenvalue weighted by Crippen LogP contribution is -2.45. The predicted octanol–water partition coefficient (Wildman–Crippen LogP) is 3.28. The Morgan fingerprint density at radius 3 is 2.46 bits per heavy atom. The summed E-state index contributed by atoms with van der Waals surface area (Å²) in [6.45, 7) is 9.11. The molecule has 0 radical (unpaired) electrons. The number of anilines is 1. The van der Waals surface area contributed by atoms with Gasteiger partial charge in [0.15, 0.2) is 0 Å². The van der Waals surface area contributed by atoms with Crippen molar-refractivity contribution in [1.29, 1.82) is 0 Å². The minimum atomic E-state index is -0.591. The second-order valence-electron chi connectivity index (χ2n) is 8.69. The van der Waals surface area contributed by atoms with Crippen molar-refractivity contribution in [3.63, 3.8) is 0 Å². The van der Waals surface area contributed by atoms with Crippen molar-refractivity contribution < 1.29 is 4.79 Å². The zero-order chi connectivity index (χ0) is 20.4. The third-order valence-corrected chi connectivity index (χ3v) is 6.55. The summed E-state index contributed by atoms with van der Waals surface area (Å²) < 4.78 is 0. The van der Waals surface area contributed by atoms with Crippen molar-refractivity contribution in [2.75, 3.05) is 11.9 Å². The van der Waals surface area contributed by atoms with Crippen molar-refractivity contribution >= 4 is 11.6 Å². The SMILES string of the molecule is CC(C)(C(=O)Nc1ccc(CCNN)cc1)C(C)(C)C1=CNC2C=CC=CC12. The van der Waals surface area contributed by atoms with E-state index in [1.165, 1.54) is 11.1 Å². The van der Waals surface area contributed by atoms with Gasteiger partial charge in [-0.2, -0.15) is 0 Å². The molecule has 0 aromatic heterocycles. The summed E-state index contributed by atoms with van der Waals surface area (Å²) >= 11 is 0. The number of hydrogen-bond acceptors (Lipinski definition) is 4. The smallest absolute Gasteiger partial charge is 0.230 e. The molecule has 2 unspecified atom stereocenters. The lowest BCUT2D eigenvalue weighted by molar-refractivity contribution is -0.128. The number of nitrogens with two attached hydrogens (primary N) is 1. The quantitative estimate of drug-likeness (QED) is 0.432. The van der Waals surface area contributed by atoms with Crippen molar-refractivity contribution in [2.45, 2.75) is 40.2 Å². The van der Waals surface area contributed by atoms with Crippen LogP contribution in [0.15, 0.2) is 60.3 Å². The fraction of sp³-hybridized carbons (Fsp3) is 0.435. The highest BCUT2D eigenvalue weighted by molar-refractivity contribution is 5.95. The van der Waals surface area contributed by atoms with Gasteiger partial charge in [-0.05, 0) is 35.9 Å². The number of fused-ring (bicyclic) bond motifs is 1. The summed E-state index contributed by atoms with van der Waals surface area (Å²) in [7, 11) is 0. The molecule has 1 heterocycles. The van der Waals surface area contributed by atoms with Crippen LogP contribution >= 0.6 is 0 Å². The highest BCUT2D eigenvalue weighted by Gasteiger charge is 2.49.